The monoisotopic (exact) mass is 1090 g/mol. The van der Waals surface area contributed by atoms with Gasteiger partial charge in [-0.2, -0.15) is 0 Å². The van der Waals surface area contributed by atoms with Gasteiger partial charge in [-0.1, -0.05) is 72.7 Å². The molecule has 19 heteroatoms. The Morgan fingerprint density at radius 3 is 2.47 bits per heavy atom. The third-order valence-electron chi connectivity index (χ3n) is 18.3. The highest BCUT2D eigenvalue weighted by Crippen LogP contribution is 2.67. The van der Waals surface area contributed by atoms with Crippen LogP contribution in [-0.4, -0.2) is 160 Å². The van der Waals surface area contributed by atoms with E-state index in [4.69, 9.17) is 9.47 Å². The van der Waals surface area contributed by atoms with Crippen LogP contribution in [0.2, 0.25) is 0 Å². The van der Waals surface area contributed by atoms with Gasteiger partial charge in [0.25, 0.3) is 5.91 Å². The second-order valence-corrected chi connectivity index (χ2v) is 25.7. The lowest BCUT2D eigenvalue weighted by molar-refractivity contribution is -0.204. The van der Waals surface area contributed by atoms with Gasteiger partial charge >= 0.3 is 6.09 Å². The highest BCUT2D eigenvalue weighted by atomic mass is 33.1. The van der Waals surface area contributed by atoms with Crippen molar-refractivity contribution in [3.63, 3.8) is 0 Å². The molecule has 76 heavy (non-hydrogen) atoms. The largest absolute Gasteiger partial charge is 0.496 e. The molecule has 3 fully saturated rings. The summed E-state index contributed by atoms with van der Waals surface area (Å²) in [5.41, 5.74) is 5.19. The van der Waals surface area contributed by atoms with Gasteiger partial charge in [0.2, 0.25) is 5.91 Å². The Labute approximate surface area is 454 Å². The molecule has 0 radical (unpaired) electrons. The summed E-state index contributed by atoms with van der Waals surface area (Å²) in [6.07, 6.45) is 6.41. The number of benzene rings is 2. The van der Waals surface area contributed by atoms with Crippen molar-refractivity contribution >= 4 is 67.7 Å². The van der Waals surface area contributed by atoms with Gasteiger partial charge in [-0.05, 0) is 101 Å². The summed E-state index contributed by atoms with van der Waals surface area (Å²) in [5.74, 6) is -0.0585. The van der Waals surface area contributed by atoms with E-state index in [1.54, 1.807) is 21.0 Å². The first-order valence-corrected chi connectivity index (χ1v) is 29.8. The minimum absolute atomic E-state index is 0.0132. The van der Waals surface area contributed by atoms with E-state index < -0.39 is 63.6 Å². The van der Waals surface area contributed by atoms with E-state index in [1.807, 2.05) is 31.0 Å². The van der Waals surface area contributed by atoms with Gasteiger partial charge in [0, 0.05) is 120 Å². The number of nitrogens with one attached hydrogen (secondary N) is 4. The number of nitrogens with zero attached hydrogens (tertiary/aromatic N) is 3. The lowest BCUT2D eigenvalue weighted by atomic mass is 9.47. The number of anilines is 1. The van der Waals surface area contributed by atoms with Crippen LogP contribution in [0.5, 0.6) is 5.75 Å². The van der Waals surface area contributed by atoms with Crippen LogP contribution >= 0.6 is 21.6 Å². The van der Waals surface area contributed by atoms with Crippen molar-refractivity contribution in [1.82, 2.24) is 31.0 Å². The first-order valence-electron chi connectivity index (χ1n) is 27.3. The number of likely N-dealkylation sites (N-methyl/N-ethyl adjacent to an activating group) is 1. The zero-order valence-electron chi connectivity index (χ0n) is 45.5. The topological polar surface area (TPSA) is 226 Å². The lowest BCUT2D eigenvalue weighted by Gasteiger charge is -2.63. The second kappa shape index (κ2) is 21.9. The van der Waals surface area contributed by atoms with Crippen molar-refractivity contribution in [1.29, 1.82) is 0 Å². The molecule has 1 saturated carbocycles. The number of para-hydroxylation sites is 1. The van der Waals surface area contributed by atoms with Crippen LogP contribution in [0.4, 0.5) is 10.5 Å². The van der Waals surface area contributed by atoms with Crippen LogP contribution in [0, 0.1) is 17.3 Å². The maximum absolute atomic E-state index is 15.0. The molecule has 1 aliphatic carbocycles. The Balaban J connectivity index is 0.948. The van der Waals surface area contributed by atoms with E-state index in [0.29, 0.717) is 69.0 Å². The zero-order valence-corrected chi connectivity index (χ0v) is 47.1. The number of ketones is 2. The quantitative estimate of drug-likeness (QED) is 0.0351. The number of piperidine rings is 1. The van der Waals surface area contributed by atoms with E-state index in [2.05, 4.69) is 81.2 Å². The van der Waals surface area contributed by atoms with Crippen LogP contribution in [0.1, 0.15) is 115 Å². The number of rotatable bonds is 18. The summed E-state index contributed by atoms with van der Waals surface area (Å²) >= 11 is 0. The number of hydrogen-bond donors (Lipinski definition) is 7. The molecule has 9 rings (SSSR count). The van der Waals surface area contributed by atoms with Gasteiger partial charge in [-0.25, -0.2) is 10.2 Å². The molecule has 6 heterocycles. The summed E-state index contributed by atoms with van der Waals surface area (Å²) in [6.45, 7) is 14.8. The Hall–Kier alpha value is -4.63. The number of fused-ring (bicyclic) bond motifs is 6. The van der Waals surface area contributed by atoms with Gasteiger partial charge in [0.05, 0.1) is 24.8 Å². The first kappa shape index (κ1) is 56.1. The molecule has 414 valence electrons. The van der Waals surface area contributed by atoms with Gasteiger partial charge in [0.1, 0.15) is 24.2 Å². The van der Waals surface area contributed by atoms with Gasteiger partial charge in [0.15, 0.2) is 11.4 Å². The van der Waals surface area contributed by atoms with Gasteiger partial charge in [-0.15, -0.1) is 0 Å². The van der Waals surface area contributed by atoms with E-state index in [9.17, 15) is 39.3 Å². The molecule has 1 spiro atoms. The summed E-state index contributed by atoms with van der Waals surface area (Å²) in [5, 5.41) is 42.2. The number of aliphatic hydroxyl groups excluding tert-OH is 1. The number of ether oxygens (including phenoxy) is 2. The molecule has 7 N–H and O–H groups in total. The molecule has 4 unspecified atom stereocenters. The summed E-state index contributed by atoms with van der Waals surface area (Å²) in [6, 6.07) is 10.9. The Bertz CT molecular complexity index is 2760. The fourth-order valence-corrected chi connectivity index (χ4v) is 16.8. The zero-order chi connectivity index (χ0) is 54.5. The van der Waals surface area contributed by atoms with Crippen molar-refractivity contribution in [3.8, 4) is 5.75 Å². The molecule has 5 aliphatic heterocycles. The maximum Gasteiger partial charge on any atom is 0.426 e. The van der Waals surface area contributed by atoms with Crippen molar-refractivity contribution in [2.24, 2.45) is 17.3 Å². The minimum atomic E-state index is -2.45. The third-order valence-corrected chi connectivity index (χ3v) is 20.8. The first-order chi connectivity index (χ1) is 36.2. The average Bonchev–Trinajstić information content (AvgIpc) is 4.26. The number of aromatic amines is 1. The van der Waals surface area contributed by atoms with E-state index in [0.717, 1.165) is 54.0 Å². The van der Waals surface area contributed by atoms with Crippen LogP contribution in [0.25, 0.3) is 10.9 Å². The molecule has 3 aromatic rings. The van der Waals surface area contributed by atoms with E-state index in [-0.39, 0.29) is 48.9 Å². The van der Waals surface area contributed by atoms with E-state index in [1.165, 1.54) is 39.5 Å². The molecule has 1 aromatic heterocycles. The average molecular weight is 1090 g/mol. The molecule has 6 aliphatic rings. The number of H-pyrrole nitrogens is 1. The molecular weight excluding hydrogens is 1010 g/mol. The third kappa shape index (κ3) is 9.64. The molecule has 2 saturated heterocycles. The Kier molecular flexibility index (Phi) is 16.2. The number of hydrogen-bond acceptors (Lipinski definition) is 15. The Morgan fingerprint density at radius 2 is 1.74 bits per heavy atom. The molecule has 17 nitrogen and oxygen atoms in total. The highest BCUT2D eigenvalue weighted by Gasteiger charge is 2.78. The maximum atomic E-state index is 15.0. The lowest BCUT2D eigenvalue weighted by Crippen LogP contribution is -2.82. The fraction of sp³-hybridized carbons (Fsp3) is 0.632. The predicted octanol–water partition coefficient (Wildman–Crippen LogP) is 5.70. The molecule has 3 amide bonds. The number of aliphatic hydroxyl groups is 3. The standard InChI is InChI=1S/C57H79N7O10S2/c1-9-54(71)31-37-30-53(6,46-39(18-22-63(32-37)33-54)38-15-11-12-16-42(38)59-46)41-28-40-43(29-45(41)73-8)62(7)49-56(40)20-23-64-21-14-19-55(10-2,48(56)64)50(68)57(49,72)51(69)60-61-52(70)74-24-26-76-75-25-13-17-44(66)36(5)58-47(67)34(3)27-35(4)65/h11-12,14-16,19,28-29,34,36-37,48-50,59,68,71-72H,9-10,13,17-18,20-27,30-33H2,1-8H3,(H,58,67)(H,60,69)(H,61,70)/t34-,36+,37?,48+,49-,50-,53-,54?,55-,56?,57-/m1/s1. The molecular formula is C57H79N7O10S2. The van der Waals surface area contributed by atoms with Gasteiger partial charge in [-0.3, -0.25) is 29.6 Å². The molecule has 2 bridgehead atoms. The fourth-order valence-electron chi connectivity index (χ4n) is 14.9. The number of carbonyl (C=O) groups excluding carboxylic acids is 5. The summed E-state index contributed by atoms with van der Waals surface area (Å²) in [4.78, 5) is 75.2. The Morgan fingerprint density at radius 1 is 0.974 bits per heavy atom. The SMILES string of the molecule is CCC1(O)CC2CN(CCc3c([nH]c4ccccc34)[C@@](C)(c3cc4c(cc3OC)N(C)[C@@H]3C45CCN4CC=C[C@](CC)([C@H]45)[C@@H](O)[C@@]3(O)C(=O)NNC(=O)OCCSSCCCC(=O)[C@H](C)NC(=O)[C@H](C)CC(C)=O)C2)C1. The number of methoxy groups -OCH3 is 1. The molecule has 2 aromatic carbocycles. The van der Waals surface area contributed by atoms with Gasteiger partial charge < -0.3 is 44.8 Å². The van der Waals surface area contributed by atoms with Crippen LogP contribution in [0.15, 0.2) is 48.6 Å². The smallest absolute Gasteiger partial charge is 0.426 e. The normalized spacial score (nSPS) is 32.1. The number of hydrazine groups is 1. The highest BCUT2D eigenvalue weighted by molar-refractivity contribution is 8.76. The predicted molar refractivity (Wildman–Crippen MR) is 296 cm³/mol. The van der Waals surface area contributed by atoms with Crippen LogP contribution < -0.4 is 25.8 Å². The molecule has 12 atom stereocenters. The van der Waals surface area contributed by atoms with E-state index >= 15 is 0 Å². The number of amides is 3. The van der Waals surface area contributed by atoms with Crippen LogP contribution in [0.3, 0.4) is 0 Å². The van der Waals surface area contributed by atoms with Crippen molar-refractivity contribution < 1.29 is 48.8 Å². The van der Waals surface area contributed by atoms with Crippen molar-refractivity contribution in [3.05, 3.63) is 70.9 Å². The number of aromatic nitrogens is 1. The second-order valence-electron chi connectivity index (χ2n) is 23.0. The summed E-state index contributed by atoms with van der Waals surface area (Å²) in [7, 11) is 6.54. The number of Topliss-reactive ketones (excluding diaryl/α,β-unsaturated/α-hetero) is 2. The van der Waals surface area contributed by atoms with Crippen molar-refractivity contribution in [2.75, 3.05) is 69.9 Å². The summed E-state index contributed by atoms with van der Waals surface area (Å²) < 4.78 is 11.9. The van der Waals surface area contributed by atoms with Crippen LogP contribution in [-0.2, 0) is 41.2 Å². The minimum Gasteiger partial charge on any atom is -0.496 e. The number of carbonyl (C=O) groups is 5. The van der Waals surface area contributed by atoms with Crippen molar-refractivity contribution in [2.45, 2.75) is 146 Å².